The lowest BCUT2D eigenvalue weighted by molar-refractivity contribution is 0.0996. The molecular formula is C22H22ClN2O. The zero-order chi connectivity index (χ0) is 17.8. The summed E-state index contributed by atoms with van der Waals surface area (Å²) in [6.07, 6.45) is 2.77. The Labute approximate surface area is 159 Å². The van der Waals surface area contributed by atoms with Gasteiger partial charge in [-0.3, -0.25) is 9.80 Å². The first-order chi connectivity index (χ1) is 12.8. The van der Waals surface area contributed by atoms with Crippen LogP contribution in [0.2, 0.25) is 5.02 Å². The second kappa shape index (κ2) is 8.09. The first-order valence-electron chi connectivity index (χ1n) is 9.01. The zero-order valence-corrected chi connectivity index (χ0v) is 15.4. The van der Waals surface area contributed by atoms with Gasteiger partial charge >= 0.3 is 0 Å². The van der Waals surface area contributed by atoms with Crippen molar-refractivity contribution >= 4 is 11.6 Å². The minimum Gasteiger partial charge on any atom is -0.456 e. The molecule has 1 fully saturated rings. The Morgan fingerprint density at radius 2 is 1.58 bits per heavy atom. The lowest BCUT2D eigenvalue weighted by atomic mass is 9.96. The average molecular weight is 366 g/mol. The van der Waals surface area contributed by atoms with Crippen LogP contribution in [-0.4, -0.2) is 36.0 Å². The predicted molar refractivity (Wildman–Crippen MR) is 104 cm³/mol. The highest BCUT2D eigenvalue weighted by molar-refractivity contribution is 6.30. The van der Waals surface area contributed by atoms with E-state index in [0.717, 1.165) is 43.5 Å². The van der Waals surface area contributed by atoms with Gasteiger partial charge in [-0.05, 0) is 35.4 Å². The van der Waals surface area contributed by atoms with E-state index in [-0.39, 0.29) is 6.04 Å². The van der Waals surface area contributed by atoms with E-state index in [2.05, 4.69) is 58.5 Å². The van der Waals surface area contributed by atoms with Crippen molar-refractivity contribution in [3.8, 4) is 0 Å². The van der Waals surface area contributed by atoms with Crippen LogP contribution < -0.4 is 0 Å². The van der Waals surface area contributed by atoms with E-state index in [4.69, 9.17) is 16.0 Å². The molecule has 1 unspecified atom stereocenters. The van der Waals surface area contributed by atoms with Crippen molar-refractivity contribution < 1.29 is 4.42 Å². The molecular weight excluding hydrogens is 344 g/mol. The fourth-order valence-corrected chi connectivity index (χ4v) is 3.78. The lowest BCUT2D eigenvalue weighted by Crippen LogP contribution is -2.47. The summed E-state index contributed by atoms with van der Waals surface area (Å²) < 4.78 is 5.37. The highest BCUT2D eigenvalue weighted by atomic mass is 35.5. The van der Waals surface area contributed by atoms with Crippen molar-refractivity contribution in [2.75, 3.05) is 26.2 Å². The standard InChI is InChI=1S/C22H22ClN2O/c23-20-10-8-19(9-11-20)22(18-5-2-1-3-6-18)25-14-12-24(13-15-25)17-21-7-4-16-26-21/h1-11,22H,12-15,17H2. The smallest absolute Gasteiger partial charge is 0.169 e. The molecule has 0 bridgehead atoms. The number of piperazine rings is 1. The number of hydrogen-bond donors (Lipinski definition) is 0. The number of nitrogens with zero attached hydrogens (tertiary/aromatic N) is 2. The highest BCUT2D eigenvalue weighted by Gasteiger charge is 2.26. The molecule has 2 heterocycles. The molecule has 1 aromatic heterocycles. The average Bonchev–Trinajstić information content (AvgIpc) is 3.19. The molecule has 1 aliphatic heterocycles. The van der Waals surface area contributed by atoms with Crippen LogP contribution in [0.25, 0.3) is 0 Å². The monoisotopic (exact) mass is 365 g/mol. The number of benzene rings is 2. The molecule has 1 saturated heterocycles. The SMILES string of the molecule is Clc1ccc(C(c2ccccc2)N2CCN(Cc3cc[c]o3)CC2)cc1. The third-order valence-electron chi connectivity index (χ3n) is 4.98. The molecule has 0 amide bonds. The molecule has 4 rings (SSSR count). The second-order valence-electron chi connectivity index (χ2n) is 6.70. The molecule has 1 aliphatic rings. The van der Waals surface area contributed by atoms with Crippen molar-refractivity contribution in [1.29, 1.82) is 0 Å². The first kappa shape index (κ1) is 17.3. The van der Waals surface area contributed by atoms with Crippen molar-refractivity contribution in [3.63, 3.8) is 0 Å². The molecule has 2 aromatic carbocycles. The van der Waals surface area contributed by atoms with Crippen molar-refractivity contribution in [3.05, 3.63) is 94.9 Å². The van der Waals surface area contributed by atoms with Crippen LogP contribution in [0, 0.1) is 6.26 Å². The van der Waals surface area contributed by atoms with Gasteiger partial charge in [-0.2, -0.15) is 0 Å². The molecule has 4 heteroatoms. The van der Waals surface area contributed by atoms with Crippen LogP contribution in [0.15, 0.2) is 71.1 Å². The quantitative estimate of drug-likeness (QED) is 0.656. The van der Waals surface area contributed by atoms with Crippen LogP contribution in [0.3, 0.4) is 0 Å². The Bertz CT molecular complexity index is 794. The largest absolute Gasteiger partial charge is 0.456 e. The van der Waals surface area contributed by atoms with Crippen LogP contribution in [-0.2, 0) is 6.54 Å². The van der Waals surface area contributed by atoms with Gasteiger partial charge in [-0.1, -0.05) is 54.1 Å². The third kappa shape index (κ3) is 4.01. The molecule has 0 saturated carbocycles. The summed E-state index contributed by atoms with van der Waals surface area (Å²) in [5, 5.41) is 0.778. The molecule has 133 valence electrons. The van der Waals surface area contributed by atoms with Crippen LogP contribution in [0.1, 0.15) is 22.9 Å². The zero-order valence-electron chi connectivity index (χ0n) is 14.6. The minimum absolute atomic E-state index is 0.257. The van der Waals surface area contributed by atoms with Crippen molar-refractivity contribution in [1.82, 2.24) is 9.80 Å². The van der Waals surface area contributed by atoms with Gasteiger partial charge in [-0.15, -0.1) is 0 Å². The van der Waals surface area contributed by atoms with Crippen LogP contribution in [0.4, 0.5) is 0 Å². The predicted octanol–water partition coefficient (Wildman–Crippen LogP) is 4.64. The topological polar surface area (TPSA) is 19.6 Å². The summed E-state index contributed by atoms with van der Waals surface area (Å²) in [4.78, 5) is 5.00. The molecule has 1 atom stereocenters. The number of furan rings is 1. The van der Waals surface area contributed by atoms with E-state index in [9.17, 15) is 0 Å². The Morgan fingerprint density at radius 3 is 2.23 bits per heavy atom. The van der Waals surface area contributed by atoms with Gasteiger partial charge in [0.25, 0.3) is 0 Å². The summed E-state index contributed by atoms with van der Waals surface area (Å²) >= 11 is 6.10. The third-order valence-corrected chi connectivity index (χ3v) is 5.23. The van der Waals surface area contributed by atoms with E-state index in [1.807, 2.05) is 24.3 Å². The molecule has 3 aromatic rings. The fraction of sp³-hybridized carbons (Fsp3) is 0.273. The Hall–Kier alpha value is -2.07. The summed E-state index contributed by atoms with van der Waals surface area (Å²) in [6.45, 7) is 4.95. The maximum absolute atomic E-state index is 6.10. The minimum atomic E-state index is 0.257. The molecule has 0 N–H and O–H groups in total. The first-order valence-corrected chi connectivity index (χ1v) is 9.39. The summed E-state index contributed by atoms with van der Waals surface area (Å²) in [6, 6.07) is 23.1. The maximum atomic E-state index is 6.10. The fourth-order valence-electron chi connectivity index (χ4n) is 3.65. The van der Waals surface area contributed by atoms with Gasteiger partial charge in [-0.25, -0.2) is 0 Å². The summed E-state index contributed by atoms with van der Waals surface area (Å²) in [5.74, 6) is 0.982. The van der Waals surface area contributed by atoms with Gasteiger partial charge < -0.3 is 4.42 Å². The second-order valence-corrected chi connectivity index (χ2v) is 7.13. The van der Waals surface area contributed by atoms with E-state index in [0.29, 0.717) is 0 Å². The Kier molecular flexibility index (Phi) is 5.40. The highest BCUT2D eigenvalue weighted by Crippen LogP contribution is 2.30. The molecule has 3 nitrogen and oxygen atoms in total. The van der Waals surface area contributed by atoms with E-state index >= 15 is 0 Å². The van der Waals surface area contributed by atoms with Gasteiger partial charge in [0.1, 0.15) is 5.76 Å². The Balaban J connectivity index is 1.51. The molecule has 1 radical (unpaired) electrons. The summed E-state index contributed by atoms with van der Waals surface area (Å²) in [7, 11) is 0. The van der Waals surface area contributed by atoms with Crippen LogP contribution >= 0.6 is 11.6 Å². The van der Waals surface area contributed by atoms with Gasteiger partial charge in [0.05, 0.1) is 12.6 Å². The number of hydrogen-bond acceptors (Lipinski definition) is 3. The van der Waals surface area contributed by atoms with E-state index in [1.165, 1.54) is 11.1 Å². The lowest BCUT2D eigenvalue weighted by Gasteiger charge is -2.39. The normalized spacial score (nSPS) is 17.3. The van der Waals surface area contributed by atoms with Gasteiger partial charge in [0.2, 0.25) is 0 Å². The number of halogens is 1. The molecule has 26 heavy (non-hydrogen) atoms. The molecule has 0 aliphatic carbocycles. The number of rotatable bonds is 5. The van der Waals surface area contributed by atoms with E-state index < -0.39 is 0 Å². The molecule has 0 spiro atoms. The van der Waals surface area contributed by atoms with Crippen molar-refractivity contribution in [2.24, 2.45) is 0 Å². The van der Waals surface area contributed by atoms with Gasteiger partial charge in [0.15, 0.2) is 6.26 Å². The van der Waals surface area contributed by atoms with E-state index in [1.54, 1.807) is 0 Å². The summed E-state index contributed by atoms with van der Waals surface area (Å²) in [5.41, 5.74) is 2.61. The van der Waals surface area contributed by atoms with Crippen LogP contribution in [0.5, 0.6) is 0 Å². The van der Waals surface area contributed by atoms with Crippen molar-refractivity contribution in [2.45, 2.75) is 12.6 Å². The Morgan fingerprint density at radius 1 is 0.885 bits per heavy atom. The van der Waals surface area contributed by atoms with Gasteiger partial charge in [0, 0.05) is 31.2 Å². The maximum Gasteiger partial charge on any atom is 0.169 e.